The van der Waals surface area contributed by atoms with Crippen molar-refractivity contribution in [2.45, 2.75) is 11.7 Å². The molecule has 0 saturated heterocycles. The number of aromatic amines is 1. The number of aromatic nitrogens is 5. The van der Waals surface area contributed by atoms with Gasteiger partial charge in [0.15, 0.2) is 15.9 Å². The highest BCUT2D eigenvalue weighted by Crippen LogP contribution is 2.25. The number of thiazole rings is 1. The Balaban J connectivity index is 1.46. The molecule has 3 heterocycles. The number of rotatable bonds is 6. The molecule has 0 aliphatic heterocycles. The highest BCUT2D eigenvalue weighted by atomic mass is 32.2. The summed E-state index contributed by atoms with van der Waals surface area (Å²) < 4.78 is 2.45. The van der Waals surface area contributed by atoms with Crippen LogP contribution in [0, 0.1) is 0 Å². The number of H-pyrrole nitrogens is 1. The first-order chi connectivity index (χ1) is 13.1. The first-order valence-corrected chi connectivity index (χ1v) is 9.79. The number of nitrogens with one attached hydrogen (secondary N) is 2. The van der Waals surface area contributed by atoms with Crippen LogP contribution in [0.2, 0.25) is 0 Å². The van der Waals surface area contributed by atoms with Gasteiger partial charge in [-0.3, -0.25) is 9.59 Å². The van der Waals surface area contributed by atoms with Crippen LogP contribution in [0.15, 0.2) is 40.4 Å². The van der Waals surface area contributed by atoms with E-state index in [4.69, 9.17) is 5.11 Å². The van der Waals surface area contributed by atoms with Gasteiger partial charge in [0.25, 0.3) is 5.56 Å². The number of anilines is 1. The van der Waals surface area contributed by atoms with Crippen molar-refractivity contribution in [3.8, 4) is 0 Å². The predicted molar refractivity (Wildman–Crippen MR) is 104 cm³/mol. The summed E-state index contributed by atoms with van der Waals surface area (Å²) in [6.07, 6.45) is 1.41. The van der Waals surface area contributed by atoms with Gasteiger partial charge < -0.3 is 15.4 Å². The minimum absolute atomic E-state index is 0.0680. The summed E-state index contributed by atoms with van der Waals surface area (Å²) in [6, 6.07) is 7.64. The Labute approximate surface area is 160 Å². The van der Waals surface area contributed by atoms with Gasteiger partial charge in [0.1, 0.15) is 5.39 Å². The number of hydrogen-bond donors (Lipinski definition) is 3. The van der Waals surface area contributed by atoms with Gasteiger partial charge in [-0.2, -0.15) is 5.10 Å². The molecule has 4 aromatic rings. The molecule has 0 atom stereocenters. The van der Waals surface area contributed by atoms with Crippen molar-refractivity contribution in [3.63, 3.8) is 0 Å². The van der Waals surface area contributed by atoms with Crippen molar-refractivity contribution >= 4 is 55.4 Å². The molecular formula is C16H14N6O3S2. The number of thioether (sulfide) groups is 1. The number of para-hydroxylation sites is 1. The molecule has 4 rings (SSSR count). The summed E-state index contributed by atoms with van der Waals surface area (Å²) in [5.74, 6) is -0.177. The Morgan fingerprint density at radius 2 is 2.19 bits per heavy atom. The van der Waals surface area contributed by atoms with E-state index in [0.29, 0.717) is 21.3 Å². The minimum atomic E-state index is -0.335. The monoisotopic (exact) mass is 402 g/mol. The topological polar surface area (TPSA) is 126 Å². The fourth-order valence-electron chi connectivity index (χ4n) is 2.49. The predicted octanol–water partition coefficient (Wildman–Crippen LogP) is 1.45. The maximum Gasteiger partial charge on any atom is 0.262 e. The van der Waals surface area contributed by atoms with E-state index in [1.807, 2.05) is 24.3 Å². The largest absolute Gasteiger partial charge is 0.394 e. The fourth-order valence-corrected chi connectivity index (χ4v) is 4.03. The van der Waals surface area contributed by atoms with Gasteiger partial charge in [0, 0.05) is 0 Å². The third kappa shape index (κ3) is 3.70. The van der Waals surface area contributed by atoms with Crippen LogP contribution in [0.3, 0.4) is 0 Å². The first-order valence-electron chi connectivity index (χ1n) is 7.99. The number of benzene rings is 1. The minimum Gasteiger partial charge on any atom is -0.394 e. The molecule has 9 nitrogen and oxygen atoms in total. The van der Waals surface area contributed by atoms with Gasteiger partial charge in [-0.15, -0.1) is 0 Å². The van der Waals surface area contributed by atoms with E-state index in [1.54, 1.807) is 0 Å². The van der Waals surface area contributed by atoms with Crippen molar-refractivity contribution in [1.82, 2.24) is 24.7 Å². The maximum atomic E-state index is 12.2. The first kappa shape index (κ1) is 17.6. The van der Waals surface area contributed by atoms with Gasteiger partial charge in [-0.05, 0) is 12.1 Å². The lowest BCUT2D eigenvalue weighted by atomic mass is 10.3. The van der Waals surface area contributed by atoms with Crippen molar-refractivity contribution in [1.29, 1.82) is 0 Å². The van der Waals surface area contributed by atoms with E-state index in [1.165, 1.54) is 22.2 Å². The van der Waals surface area contributed by atoms with E-state index >= 15 is 0 Å². The smallest absolute Gasteiger partial charge is 0.262 e. The molecular weight excluding hydrogens is 388 g/mol. The van der Waals surface area contributed by atoms with Crippen LogP contribution in [0.5, 0.6) is 0 Å². The molecule has 138 valence electrons. The zero-order valence-electron chi connectivity index (χ0n) is 13.9. The molecule has 0 spiro atoms. The summed E-state index contributed by atoms with van der Waals surface area (Å²) in [5.41, 5.74) is 0.874. The normalized spacial score (nSPS) is 11.3. The van der Waals surface area contributed by atoms with E-state index in [-0.39, 0.29) is 30.4 Å². The van der Waals surface area contributed by atoms with E-state index in [2.05, 4.69) is 25.4 Å². The molecule has 3 aromatic heterocycles. The van der Waals surface area contributed by atoms with Gasteiger partial charge in [-0.1, -0.05) is 35.2 Å². The average molecular weight is 402 g/mol. The summed E-state index contributed by atoms with van der Waals surface area (Å²) in [4.78, 5) is 35.6. The van der Waals surface area contributed by atoms with E-state index in [0.717, 1.165) is 22.0 Å². The lowest BCUT2D eigenvalue weighted by Crippen LogP contribution is -2.15. The van der Waals surface area contributed by atoms with E-state index < -0.39 is 0 Å². The molecule has 0 unspecified atom stereocenters. The van der Waals surface area contributed by atoms with Crippen molar-refractivity contribution in [2.24, 2.45) is 0 Å². The second-order valence-electron chi connectivity index (χ2n) is 5.52. The quantitative estimate of drug-likeness (QED) is 0.329. The van der Waals surface area contributed by atoms with Crippen LogP contribution in [0.1, 0.15) is 0 Å². The van der Waals surface area contributed by atoms with Gasteiger partial charge in [-0.25, -0.2) is 14.6 Å². The molecule has 1 aromatic carbocycles. The Hall–Kier alpha value is -2.76. The van der Waals surface area contributed by atoms with Gasteiger partial charge in [0.2, 0.25) is 5.91 Å². The number of aliphatic hydroxyl groups is 1. The summed E-state index contributed by atoms with van der Waals surface area (Å²) >= 11 is 2.51. The number of nitrogens with zero attached hydrogens (tertiary/aromatic N) is 4. The Kier molecular flexibility index (Phi) is 4.88. The molecule has 0 saturated carbocycles. The van der Waals surface area contributed by atoms with Gasteiger partial charge >= 0.3 is 0 Å². The summed E-state index contributed by atoms with van der Waals surface area (Å²) in [7, 11) is 0. The summed E-state index contributed by atoms with van der Waals surface area (Å²) in [5, 5.41) is 17.0. The van der Waals surface area contributed by atoms with Crippen LogP contribution in [0.25, 0.3) is 21.3 Å². The molecule has 0 aliphatic rings. The molecule has 0 radical (unpaired) electrons. The number of amides is 1. The highest BCUT2D eigenvalue weighted by Gasteiger charge is 2.13. The zero-order chi connectivity index (χ0) is 18.8. The van der Waals surface area contributed by atoms with E-state index in [9.17, 15) is 9.59 Å². The number of aliphatic hydroxyl groups excluding tert-OH is 1. The van der Waals surface area contributed by atoms with Crippen LogP contribution in [-0.2, 0) is 11.3 Å². The molecule has 0 fully saturated rings. The molecule has 3 N–H and O–H groups in total. The second kappa shape index (κ2) is 7.47. The van der Waals surface area contributed by atoms with Crippen molar-refractivity contribution in [3.05, 3.63) is 40.8 Å². The van der Waals surface area contributed by atoms with Crippen LogP contribution >= 0.6 is 23.1 Å². The van der Waals surface area contributed by atoms with Crippen molar-refractivity contribution < 1.29 is 9.90 Å². The van der Waals surface area contributed by atoms with Crippen LogP contribution < -0.4 is 10.9 Å². The Morgan fingerprint density at radius 3 is 3.00 bits per heavy atom. The highest BCUT2D eigenvalue weighted by molar-refractivity contribution is 7.99. The SMILES string of the molecule is O=C(CSc1nc2c(cnn2CCO)c(=O)[nH]1)Nc1nc2ccccc2s1. The molecule has 0 aliphatic carbocycles. The average Bonchev–Trinajstić information content (AvgIpc) is 3.24. The fraction of sp³-hybridized carbons (Fsp3) is 0.188. The Morgan fingerprint density at radius 1 is 1.33 bits per heavy atom. The molecule has 11 heteroatoms. The molecule has 27 heavy (non-hydrogen) atoms. The molecule has 0 bridgehead atoms. The van der Waals surface area contributed by atoms with Crippen LogP contribution in [-0.4, -0.2) is 48.1 Å². The maximum absolute atomic E-state index is 12.2. The number of fused-ring (bicyclic) bond motifs is 2. The summed E-state index contributed by atoms with van der Waals surface area (Å²) in [6.45, 7) is 0.125. The number of hydrogen-bond acceptors (Lipinski definition) is 8. The third-order valence-electron chi connectivity index (χ3n) is 3.68. The number of carbonyl (C=O) groups excluding carboxylic acids is 1. The lowest BCUT2D eigenvalue weighted by molar-refractivity contribution is -0.113. The standard InChI is InChI=1S/C16H14N6O3S2/c23-6-5-22-13-9(7-17-22)14(25)21-15(20-13)26-8-12(24)19-16-18-10-3-1-2-4-11(10)27-16/h1-4,7,23H,5-6,8H2,(H,18,19,24)(H,20,21,25). The number of carbonyl (C=O) groups is 1. The zero-order valence-corrected chi connectivity index (χ0v) is 15.5. The molecule has 1 amide bonds. The lowest BCUT2D eigenvalue weighted by Gasteiger charge is -2.03. The third-order valence-corrected chi connectivity index (χ3v) is 5.50. The Bertz CT molecular complexity index is 1150. The van der Waals surface area contributed by atoms with Gasteiger partial charge in [0.05, 0.1) is 35.3 Å². The van der Waals surface area contributed by atoms with Crippen molar-refractivity contribution in [2.75, 3.05) is 17.7 Å². The second-order valence-corrected chi connectivity index (χ2v) is 7.52. The van der Waals surface area contributed by atoms with Crippen LogP contribution in [0.4, 0.5) is 5.13 Å².